The molecular weight excluding hydrogens is 238 g/mol. The molecule has 0 radical (unpaired) electrons. The van der Waals surface area contributed by atoms with E-state index < -0.39 is 0 Å². The van der Waals surface area contributed by atoms with Crippen molar-refractivity contribution in [2.75, 3.05) is 14.1 Å². The van der Waals surface area contributed by atoms with Crippen LogP contribution in [0.25, 0.3) is 0 Å². The van der Waals surface area contributed by atoms with Gasteiger partial charge in [-0.15, -0.1) is 0 Å². The van der Waals surface area contributed by atoms with Gasteiger partial charge in [0, 0.05) is 14.1 Å². The molecule has 0 aliphatic rings. The lowest BCUT2D eigenvalue weighted by molar-refractivity contribution is 0.492. The fourth-order valence-corrected chi connectivity index (χ4v) is 1.68. The summed E-state index contributed by atoms with van der Waals surface area (Å²) in [5, 5.41) is 3.27. The van der Waals surface area contributed by atoms with Crippen LogP contribution in [-0.2, 0) is 13.1 Å². The Balaban J connectivity index is 1.95. The normalized spacial score (nSPS) is 11.4. The lowest BCUT2D eigenvalue weighted by atomic mass is 10.2. The van der Waals surface area contributed by atoms with Crippen molar-refractivity contribution in [1.82, 2.24) is 10.2 Å². The second-order valence-electron chi connectivity index (χ2n) is 4.45. The molecule has 4 nitrogen and oxygen atoms in total. The van der Waals surface area contributed by atoms with Crippen LogP contribution in [0.3, 0.4) is 0 Å². The van der Waals surface area contributed by atoms with Crippen molar-refractivity contribution >= 4 is 5.96 Å². The van der Waals surface area contributed by atoms with Gasteiger partial charge in [0.1, 0.15) is 5.76 Å². The molecule has 19 heavy (non-hydrogen) atoms. The first kappa shape index (κ1) is 13.2. The number of aliphatic imine (C=N–C) groups is 1. The minimum absolute atomic E-state index is 0.638. The van der Waals surface area contributed by atoms with E-state index in [1.54, 1.807) is 6.26 Å². The van der Waals surface area contributed by atoms with Gasteiger partial charge in [0.05, 0.1) is 19.4 Å². The van der Waals surface area contributed by atoms with Crippen LogP contribution in [0.15, 0.2) is 58.1 Å². The number of benzene rings is 1. The molecule has 0 saturated heterocycles. The molecule has 0 amide bonds. The third-order valence-corrected chi connectivity index (χ3v) is 2.68. The van der Waals surface area contributed by atoms with E-state index in [0.717, 1.165) is 11.7 Å². The molecule has 1 aromatic heterocycles. The highest BCUT2D eigenvalue weighted by Gasteiger charge is 2.02. The quantitative estimate of drug-likeness (QED) is 0.676. The molecule has 2 aromatic rings. The van der Waals surface area contributed by atoms with Crippen LogP contribution in [0.5, 0.6) is 0 Å². The maximum atomic E-state index is 5.29. The van der Waals surface area contributed by atoms with E-state index >= 15 is 0 Å². The second kappa shape index (κ2) is 6.64. The lowest BCUT2D eigenvalue weighted by Gasteiger charge is -2.17. The first-order valence-electron chi connectivity index (χ1n) is 6.27. The van der Waals surface area contributed by atoms with Gasteiger partial charge in [-0.1, -0.05) is 30.3 Å². The van der Waals surface area contributed by atoms with E-state index in [2.05, 4.69) is 22.4 Å². The first-order chi connectivity index (χ1) is 9.25. The Bertz CT molecular complexity index is 503. The zero-order valence-corrected chi connectivity index (χ0v) is 11.3. The molecule has 0 aliphatic carbocycles. The highest BCUT2D eigenvalue weighted by atomic mass is 16.3. The number of hydrogen-bond acceptors (Lipinski definition) is 2. The van der Waals surface area contributed by atoms with E-state index in [1.807, 2.05) is 49.3 Å². The summed E-state index contributed by atoms with van der Waals surface area (Å²) < 4.78 is 5.29. The number of rotatable bonds is 4. The average Bonchev–Trinajstić information content (AvgIpc) is 2.92. The van der Waals surface area contributed by atoms with E-state index in [0.29, 0.717) is 13.1 Å². The molecule has 0 spiro atoms. The highest BCUT2D eigenvalue weighted by molar-refractivity contribution is 5.79. The maximum absolute atomic E-state index is 5.29. The summed E-state index contributed by atoms with van der Waals surface area (Å²) in [6, 6.07) is 14.0. The van der Waals surface area contributed by atoms with Gasteiger partial charge in [-0.3, -0.25) is 0 Å². The molecule has 100 valence electrons. The Hall–Kier alpha value is -2.23. The molecular formula is C15H19N3O. The Morgan fingerprint density at radius 1 is 1.16 bits per heavy atom. The molecule has 0 atom stereocenters. The molecule has 2 rings (SSSR count). The van der Waals surface area contributed by atoms with Gasteiger partial charge in [0.15, 0.2) is 5.96 Å². The summed E-state index contributed by atoms with van der Waals surface area (Å²) in [6.45, 7) is 1.30. The van der Waals surface area contributed by atoms with Crippen molar-refractivity contribution < 1.29 is 4.42 Å². The van der Waals surface area contributed by atoms with Crippen molar-refractivity contribution in [3.8, 4) is 0 Å². The van der Waals surface area contributed by atoms with Crippen molar-refractivity contribution in [2.45, 2.75) is 13.1 Å². The summed E-state index contributed by atoms with van der Waals surface area (Å²) in [7, 11) is 3.94. The Morgan fingerprint density at radius 2 is 1.95 bits per heavy atom. The van der Waals surface area contributed by atoms with Gasteiger partial charge in [0.25, 0.3) is 0 Å². The molecule has 0 unspecified atom stereocenters. The molecule has 0 saturated carbocycles. The minimum Gasteiger partial charge on any atom is -0.467 e. The van der Waals surface area contributed by atoms with Crippen LogP contribution in [0.4, 0.5) is 0 Å². The van der Waals surface area contributed by atoms with Crippen LogP contribution >= 0.6 is 0 Å². The molecule has 0 bridgehead atoms. The maximum Gasteiger partial charge on any atom is 0.194 e. The van der Waals surface area contributed by atoms with Gasteiger partial charge in [0.2, 0.25) is 0 Å². The van der Waals surface area contributed by atoms with Crippen molar-refractivity contribution in [1.29, 1.82) is 0 Å². The van der Waals surface area contributed by atoms with Crippen LogP contribution in [0, 0.1) is 0 Å². The van der Waals surface area contributed by atoms with Crippen LogP contribution in [-0.4, -0.2) is 25.0 Å². The smallest absolute Gasteiger partial charge is 0.194 e. The largest absolute Gasteiger partial charge is 0.467 e. The summed E-state index contributed by atoms with van der Waals surface area (Å²) in [5.41, 5.74) is 1.20. The third kappa shape index (κ3) is 4.17. The molecule has 1 aromatic carbocycles. The number of furan rings is 1. The first-order valence-corrected chi connectivity index (χ1v) is 6.27. The Kier molecular flexibility index (Phi) is 4.61. The second-order valence-corrected chi connectivity index (χ2v) is 4.45. The van der Waals surface area contributed by atoms with Gasteiger partial charge in [-0.25, -0.2) is 4.99 Å². The average molecular weight is 257 g/mol. The summed E-state index contributed by atoms with van der Waals surface area (Å²) in [4.78, 5) is 6.55. The van der Waals surface area contributed by atoms with Crippen LogP contribution in [0.2, 0.25) is 0 Å². The zero-order chi connectivity index (χ0) is 13.5. The monoisotopic (exact) mass is 257 g/mol. The summed E-state index contributed by atoms with van der Waals surface area (Å²) in [5.74, 6) is 1.74. The van der Waals surface area contributed by atoms with Crippen molar-refractivity contribution in [3.63, 3.8) is 0 Å². The van der Waals surface area contributed by atoms with Gasteiger partial charge < -0.3 is 14.6 Å². The summed E-state index contributed by atoms with van der Waals surface area (Å²) >= 11 is 0. The van der Waals surface area contributed by atoms with Crippen molar-refractivity contribution in [3.05, 3.63) is 60.1 Å². The van der Waals surface area contributed by atoms with E-state index in [1.165, 1.54) is 5.56 Å². The fourth-order valence-electron chi connectivity index (χ4n) is 1.68. The molecule has 0 fully saturated rings. The van der Waals surface area contributed by atoms with Crippen LogP contribution < -0.4 is 5.32 Å². The Labute approximate surface area is 113 Å². The van der Waals surface area contributed by atoms with Crippen LogP contribution in [0.1, 0.15) is 11.3 Å². The molecule has 4 heteroatoms. The van der Waals surface area contributed by atoms with Gasteiger partial charge in [-0.05, 0) is 17.7 Å². The standard InChI is InChI=1S/C15H19N3O/c1-18(2)15(17-12-14-9-6-10-19-14)16-11-13-7-4-3-5-8-13/h3-10H,11-12H2,1-2H3,(H,16,17). The van der Waals surface area contributed by atoms with Gasteiger partial charge >= 0.3 is 0 Å². The summed E-state index contributed by atoms with van der Waals surface area (Å²) in [6.07, 6.45) is 1.67. The van der Waals surface area contributed by atoms with E-state index in [9.17, 15) is 0 Å². The van der Waals surface area contributed by atoms with E-state index in [4.69, 9.17) is 4.42 Å². The number of guanidine groups is 1. The van der Waals surface area contributed by atoms with Gasteiger partial charge in [-0.2, -0.15) is 0 Å². The predicted molar refractivity (Wildman–Crippen MR) is 76.8 cm³/mol. The zero-order valence-electron chi connectivity index (χ0n) is 11.3. The topological polar surface area (TPSA) is 40.8 Å². The molecule has 1 N–H and O–H groups in total. The minimum atomic E-state index is 0.638. The SMILES string of the molecule is CN(C)C(=NCc1ccccc1)NCc1ccco1. The van der Waals surface area contributed by atoms with E-state index in [-0.39, 0.29) is 0 Å². The molecule has 0 aliphatic heterocycles. The predicted octanol–water partition coefficient (Wildman–Crippen LogP) is 2.49. The number of nitrogens with zero attached hydrogens (tertiary/aromatic N) is 2. The lowest BCUT2D eigenvalue weighted by Crippen LogP contribution is -2.35. The Morgan fingerprint density at radius 3 is 2.58 bits per heavy atom. The third-order valence-electron chi connectivity index (χ3n) is 2.68. The highest BCUT2D eigenvalue weighted by Crippen LogP contribution is 2.02. The van der Waals surface area contributed by atoms with Crippen molar-refractivity contribution in [2.24, 2.45) is 4.99 Å². The fraction of sp³-hybridized carbons (Fsp3) is 0.267. The molecule has 1 heterocycles. The number of nitrogens with one attached hydrogen (secondary N) is 1. The number of hydrogen-bond donors (Lipinski definition) is 1.